The average molecular weight is 351 g/mol. The summed E-state index contributed by atoms with van der Waals surface area (Å²) in [7, 11) is 0. The first-order valence-corrected chi connectivity index (χ1v) is 6.81. The van der Waals surface area contributed by atoms with Crippen LogP contribution < -0.4 is 5.73 Å². The minimum atomic E-state index is -0.689. The SMILES string of the molecule is Nc1onc(-c2cccc(Br)c2)c1-c1cc(F)cc(F)c1. The second-order valence-corrected chi connectivity index (χ2v) is 5.35. The zero-order chi connectivity index (χ0) is 15.0. The van der Waals surface area contributed by atoms with E-state index in [-0.39, 0.29) is 11.4 Å². The molecule has 0 aliphatic rings. The van der Waals surface area contributed by atoms with Crippen LogP contribution in [0.2, 0.25) is 0 Å². The van der Waals surface area contributed by atoms with Crippen molar-refractivity contribution in [1.82, 2.24) is 5.16 Å². The Bertz CT molecular complexity index is 797. The fourth-order valence-corrected chi connectivity index (χ4v) is 2.51. The van der Waals surface area contributed by atoms with Gasteiger partial charge in [-0.15, -0.1) is 0 Å². The van der Waals surface area contributed by atoms with E-state index in [2.05, 4.69) is 21.1 Å². The molecule has 0 amide bonds. The van der Waals surface area contributed by atoms with Crippen molar-refractivity contribution in [3.8, 4) is 22.4 Å². The zero-order valence-corrected chi connectivity index (χ0v) is 12.2. The Kier molecular flexibility index (Phi) is 3.47. The summed E-state index contributed by atoms with van der Waals surface area (Å²) in [6.07, 6.45) is 0. The smallest absolute Gasteiger partial charge is 0.230 e. The predicted molar refractivity (Wildman–Crippen MR) is 79.4 cm³/mol. The van der Waals surface area contributed by atoms with Gasteiger partial charge in [-0.2, -0.15) is 0 Å². The van der Waals surface area contributed by atoms with Gasteiger partial charge in [-0.05, 0) is 29.8 Å². The molecule has 0 atom stereocenters. The van der Waals surface area contributed by atoms with Crippen molar-refractivity contribution in [3.63, 3.8) is 0 Å². The maximum Gasteiger partial charge on any atom is 0.230 e. The van der Waals surface area contributed by atoms with Crippen molar-refractivity contribution in [1.29, 1.82) is 0 Å². The summed E-state index contributed by atoms with van der Waals surface area (Å²) >= 11 is 3.36. The third-order valence-electron chi connectivity index (χ3n) is 2.97. The fourth-order valence-electron chi connectivity index (χ4n) is 2.11. The molecule has 0 radical (unpaired) electrons. The third kappa shape index (κ3) is 2.67. The van der Waals surface area contributed by atoms with Crippen molar-refractivity contribution in [2.75, 3.05) is 5.73 Å². The molecule has 21 heavy (non-hydrogen) atoms. The van der Waals surface area contributed by atoms with E-state index in [4.69, 9.17) is 10.3 Å². The molecule has 3 rings (SSSR count). The molecule has 1 heterocycles. The first-order valence-electron chi connectivity index (χ1n) is 6.02. The van der Waals surface area contributed by atoms with Crippen molar-refractivity contribution in [2.24, 2.45) is 0 Å². The summed E-state index contributed by atoms with van der Waals surface area (Å²) in [6.45, 7) is 0. The first kappa shape index (κ1) is 13.8. The molecule has 0 saturated heterocycles. The van der Waals surface area contributed by atoms with E-state index < -0.39 is 11.6 Å². The number of nitrogens with zero attached hydrogens (tertiary/aromatic N) is 1. The highest BCUT2D eigenvalue weighted by atomic mass is 79.9. The maximum absolute atomic E-state index is 13.4. The monoisotopic (exact) mass is 350 g/mol. The van der Waals surface area contributed by atoms with E-state index in [1.165, 1.54) is 12.1 Å². The number of benzene rings is 2. The molecule has 0 bridgehead atoms. The maximum atomic E-state index is 13.4. The van der Waals surface area contributed by atoms with Crippen LogP contribution in [0.4, 0.5) is 14.7 Å². The molecule has 106 valence electrons. The Morgan fingerprint density at radius 1 is 1.00 bits per heavy atom. The van der Waals surface area contributed by atoms with Gasteiger partial charge in [-0.1, -0.05) is 33.2 Å². The van der Waals surface area contributed by atoms with Crippen molar-refractivity contribution in [2.45, 2.75) is 0 Å². The third-order valence-corrected chi connectivity index (χ3v) is 3.46. The van der Waals surface area contributed by atoms with Crippen LogP contribution in [0.5, 0.6) is 0 Å². The average Bonchev–Trinajstić information content (AvgIpc) is 2.79. The van der Waals surface area contributed by atoms with Gasteiger partial charge >= 0.3 is 0 Å². The molecule has 0 aliphatic carbocycles. The lowest BCUT2D eigenvalue weighted by atomic mass is 10.0. The number of anilines is 1. The minimum absolute atomic E-state index is 0.00924. The largest absolute Gasteiger partial charge is 0.367 e. The van der Waals surface area contributed by atoms with Gasteiger partial charge < -0.3 is 10.3 Å². The van der Waals surface area contributed by atoms with E-state index >= 15 is 0 Å². The Morgan fingerprint density at radius 2 is 1.71 bits per heavy atom. The van der Waals surface area contributed by atoms with E-state index in [0.29, 0.717) is 11.3 Å². The number of nitrogen functional groups attached to an aromatic ring is 1. The van der Waals surface area contributed by atoms with Gasteiger partial charge in [0.05, 0.1) is 5.56 Å². The van der Waals surface area contributed by atoms with Crippen LogP contribution >= 0.6 is 15.9 Å². The van der Waals surface area contributed by atoms with E-state index in [9.17, 15) is 8.78 Å². The van der Waals surface area contributed by atoms with Crippen molar-refractivity contribution in [3.05, 3.63) is 58.6 Å². The van der Waals surface area contributed by atoms with Gasteiger partial charge in [0.1, 0.15) is 17.3 Å². The molecule has 1 aromatic heterocycles. The molecular formula is C15H9BrF2N2O. The van der Waals surface area contributed by atoms with Crippen molar-refractivity contribution < 1.29 is 13.3 Å². The summed E-state index contributed by atoms with van der Waals surface area (Å²) in [5.41, 5.74) is 7.57. The molecule has 0 saturated carbocycles. The normalized spacial score (nSPS) is 10.8. The van der Waals surface area contributed by atoms with Gasteiger partial charge in [0.2, 0.25) is 5.88 Å². The summed E-state index contributed by atoms with van der Waals surface area (Å²) in [5.74, 6) is -1.37. The van der Waals surface area contributed by atoms with Gasteiger partial charge in [0, 0.05) is 16.1 Å². The molecule has 2 N–H and O–H groups in total. The number of nitrogens with two attached hydrogens (primary N) is 1. The van der Waals surface area contributed by atoms with Crippen LogP contribution in [0, 0.1) is 11.6 Å². The van der Waals surface area contributed by atoms with Crippen molar-refractivity contribution >= 4 is 21.8 Å². The van der Waals surface area contributed by atoms with Crippen LogP contribution in [-0.2, 0) is 0 Å². The molecule has 0 spiro atoms. The van der Waals surface area contributed by atoms with Crippen LogP contribution in [-0.4, -0.2) is 5.16 Å². The highest BCUT2D eigenvalue weighted by Gasteiger charge is 2.18. The molecular weight excluding hydrogens is 342 g/mol. The highest BCUT2D eigenvalue weighted by molar-refractivity contribution is 9.10. The van der Waals surface area contributed by atoms with Crippen LogP contribution in [0.3, 0.4) is 0 Å². The Hall–Kier alpha value is -2.21. The van der Waals surface area contributed by atoms with Crippen LogP contribution in [0.25, 0.3) is 22.4 Å². The van der Waals surface area contributed by atoms with Gasteiger partial charge in [-0.3, -0.25) is 0 Å². The standard InChI is InChI=1S/C15H9BrF2N2O/c16-10-3-1-2-8(4-10)14-13(15(19)21-20-14)9-5-11(17)7-12(18)6-9/h1-7H,19H2. The Labute approximate surface area is 127 Å². The number of rotatable bonds is 2. The first-order chi connectivity index (χ1) is 10.0. The summed E-state index contributed by atoms with van der Waals surface area (Å²) in [4.78, 5) is 0. The quantitative estimate of drug-likeness (QED) is 0.732. The molecule has 3 aromatic rings. The number of halogens is 3. The van der Waals surface area contributed by atoms with Gasteiger partial charge in [0.25, 0.3) is 0 Å². The zero-order valence-electron chi connectivity index (χ0n) is 10.6. The molecule has 0 aliphatic heterocycles. The van der Waals surface area contributed by atoms with Crippen LogP contribution in [0.1, 0.15) is 0 Å². The molecule has 6 heteroatoms. The highest BCUT2D eigenvalue weighted by Crippen LogP contribution is 2.37. The van der Waals surface area contributed by atoms with Crippen LogP contribution in [0.15, 0.2) is 51.5 Å². The van der Waals surface area contributed by atoms with E-state index in [1.54, 1.807) is 6.07 Å². The second kappa shape index (κ2) is 5.29. The lowest BCUT2D eigenvalue weighted by Crippen LogP contribution is -1.90. The number of hydrogen-bond acceptors (Lipinski definition) is 3. The minimum Gasteiger partial charge on any atom is -0.367 e. The van der Waals surface area contributed by atoms with E-state index in [1.807, 2.05) is 18.2 Å². The van der Waals surface area contributed by atoms with E-state index in [0.717, 1.165) is 16.1 Å². The van der Waals surface area contributed by atoms with Gasteiger partial charge in [-0.25, -0.2) is 8.78 Å². The number of hydrogen-bond donors (Lipinski definition) is 1. The number of aromatic nitrogens is 1. The lowest BCUT2D eigenvalue weighted by molar-refractivity contribution is 0.439. The van der Waals surface area contributed by atoms with Gasteiger partial charge in [0.15, 0.2) is 0 Å². The molecule has 3 nitrogen and oxygen atoms in total. The Balaban J connectivity index is 2.22. The topological polar surface area (TPSA) is 52.0 Å². The summed E-state index contributed by atoms with van der Waals surface area (Å²) < 4.78 is 32.7. The second-order valence-electron chi connectivity index (χ2n) is 4.44. The summed E-state index contributed by atoms with van der Waals surface area (Å²) in [5, 5.41) is 3.90. The molecule has 0 fully saturated rings. The predicted octanol–water partition coefficient (Wildman–Crippen LogP) is 4.63. The lowest BCUT2D eigenvalue weighted by Gasteiger charge is -2.04. The Morgan fingerprint density at radius 3 is 2.38 bits per heavy atom. The fraction of sp³-hybridized carbons (Fsp3) is 0. The molecule has 0 unspecified atom stereocenters. The molecule has 2 aromatic carbocycles. The summed E-state index contributed by atoms with van der Waals surface area (Å²) in [6, 6.07) is 10.5.